The zero-order valence-corrected chi connectivity index (χ0v) is 15.8. The fourth-order valence-corrected chi connectivity index (χ4v) is 2.71. The van der Waals surface area contributed by atoms with Crippen molar-refractivity contribution in [2.75, 3.05) is 34.5 Å². The fourth-order valence-electron chi connectivity index (χ4n) is 2.71. The fraction of sp³-hybridized carbons (Fsp3) is 0.500. The molecule has 0 fully saturated rings. The first kappa shape index (κ1) is 20.5. The predicted molar refractivity (Wildman–Crippen MR) is 101 cm³/mol. The maximum Gasteiger partial charge on any atom is 0.328 e. The van der Waals surface area contributed by atoms with Gasteiger partial charge in [-0.25, -0.2) is 4.79 Å². The SMILES string of the molecule is COCCCNC(=O)CCCn1c(=O)[nH]c2cc(OC)c(OC)cc2c1=O. The second kappa shape index (κ2) is 9.77. The monoisotopic (exact) mass is 379 g/mol. The second-order valence-corrected chi connectivity index (χ2v) is 5.94. The van der Waals surface area contributed by atoms with E-state index in [1.165, 1.54) is 20.3 Å². The van der Waals surface area contributed by atoms with E-state index >= 15 is 0 Å². The highest BCUT2D eigenvalue weighted by Gasteiger charge is 2.13. The summed E-state index contributed by atoms with van der Waals surface area (Å²) in [6.07, 6.45) is 1.33. The number of H-pyrrole nitrogens is 1. The smallest absolute Gasteiger partial charge is 0.328 e. The van der Waals surface area contributed by atoms with Crippen molar-refractivity contribution in [3.8, 4) is 11.5 Å². The van der Waals surface area contributed by atoms with Gasteiger partial charge >= 0.3 is 5.69 Å². The Labute approximate surface area is 156 Å². The highest BCUT2D eigenvalue weighted by molar-refractivity contribution is 5.81. The van der Waals surface area contributed by atoms with Crippen LogP contribution in [-0.2, 0) is 16.1 Å². The highest BCUT2D eigenvalue weighted by Crippen LogP contribution is 2.29. The summed E-state index contributed by atoms with van der Waals surface area (Å²) in [5.41, 5.74) is -0.592. The number of amides is 1. The Morgan fingerprint density at radius 3 is 2.48 bits per heavy atom. The Kier molecular flexibility index (Phi) is 7.42. The Morgan fingerprint density at radius 1 is 1.11 bits per heavy atom. The molecule has 0 aliphatic heterocycles. The third kappa shape index (κ3) is 5.10. The number of hydrogen-bond donors (Lipinski definition) is 2. The minimum absolute atomic E-state index is 0.122. The molecule has 2 N–H and O–H groups in total. The molecular weight excluding hydrogens is 354 g/mol. The van der Waals surface area contributed by atoms with E-state index in [0.29, 0.717) is 42.0 Å². The summed E-state index contributed by atoms with van der Waals surface area (Å²) in [6, 6.07) is 3.08. The van der Waals surface area contributed by atoms with Crippen molar-refractivity contribution in [1.82, 2.24) is 14.9 Å². The number of hydrogen-bond acceptors (Lipinski definition) is 6. The van der Waals surface area contributed by atoms with Crippen molar-refractivity contribution >= 4 is 16.8 Å². The number of rotatable bonds is 10. The van der Waals surface area contributed by atoms with Crippen molar-refractivity contribution in [2.24, 2.45) is 0 Å². The van der Waals surface area contributed by atoms with Gasteiger partial charge in [0.1, 0.15) is 0 Å². The molecule has 0 aliphatic rings. The average Bonchev–Trinajstić information content (AvgIpc) is 2.66. The second-order valence-electron chi connectivity index (χ2n) is 5.94. The Morgan fingerprint density at radius 2 is 1.81 bits per heavy atom. The molecule has 1 aromatic carbocycles. The lowest BCUT2D eigenvalue weighted by Crippen LogP contribution is -2.35. The number of fused-ring (bicyclic) bond motifs is 1. The van der Waals surface area contributed by atoms with Crippen LogP contribution >= 0.6 is 0 Å². The molecule has 27 heavy (non-hydrogen) atoms. The molecule has 2 rings (SSSR count). The van der Waals surface area contributed by atoms with Gasteiger partial charge in [-0.2, -0.15) is 0 Å². The van der Waals surface area contributed by atoms with Crippen LogP contribution < -0.4 is 26.0 Å². The summed E-state index contributed by atoms with van der Waals surface area (Å²) >= 11 is 0. The standard InChI is InChI=1S/C18H25N3O6/c1-25-9-5-7-19-16(22)6-4-8-21-17(23)12-10-14(26-2)15(27-3)11-13(12)20-18(21)24/h10-11H,4-9H2,1-3H3,(H,19,22)(H,20,24). The van der Waals surface area contributed by atoms with Crippen LogP contribution in [0.25, 0.3) is 10.9 Å². The summed E-state index contributed by atoms with van der Waals surface area (Å²) < 4.78 is 16.4. The van der Waals surface area contributed by atoms with Gasteiger partial charge in [0.15, 0.2) is 11.5 Å². The number of carbonyl (C=O) groups is 1. The number of aromatic nitrogens is 2. The normalized spacial score (nSPS) is 10.8. The molecule has 9 nitrogen and oxygen atoms in total. The minimum Gasteiger partial charge on any atom is -0.493 e. The van der Waals surface area contributed by atoms with Crippen LogP contribution in [0.1, 0.15) is 19.3 Å². The molecule has 0 unspecified atom stereocenters. The van der Waals surface area contributed by atoms with Crippen molar-refractivity contribution < 1.29 is 19.0 Å². The minimum atomic E-state index is -0.528. The lowest BCUT2D eigenvalue weighted by Gasteiger charge is -2.11. The number of benzene rings is 1. The first-order valence-electron chi connectivity index (χ1n) is 8.66. The summed E-state index contributed by atoms with van der Waals surface area (Å²) in [7, 11) is 4.55. The van der Waals surface area contributed by atoms with Gasteiger partial charge in [-0.3, -0.25) is 14.2 Å². The molecule has 0 radical (unpaired) electrons. The zero-order chi connectivity index (χ0) is 19.8. The first-order valence-corrected chi connectivity index (χ1v) is 8.66. The van der Waals surface area contributed by atoms with Crippen LogP contribution in [0.5, 0.6) is 11.5 Å². The van der Waals surface area contributed by atoms with Gasteiger partial charge in [-0.1, -0.05) is 0 Å². The van der Waals surface area contributed by atoms with Gasteiger partial charge in [-0.15, -0.1) is 0 Å². The molecule has 0 aliphatic carbocycles. The third-order valence-corrected chi connectivity index (χ3v) is 4.12. The van der Waals surface area contributed by atoms with E-state index in [1.807, 2.05) is 0 Å². The Hall–Kier alpha value is -2.81. The lowest BCUT2D eigenvalue weighted by molar-refractivity contribution is -0.121. The number of aromatic amines is 1. The molecule has 0 spiro atoms. The first-order chi connectivity index (χ1) is 13.0. The van der Waals surface area contributed by atoms with E-state index in [1.54, 1.807) is 13.2 Å². The van der Waals surface area contributed by atoms with Crippen molar-refractivity contribution in [2.45, 2.75) is 25.8 Å². The van der Waals surface area contributed by atoms with Crippen LogP contribution in [0.2, 0.25) is 0 Å². The zero-order valence-electron chi connectivity index (χ0n) is 15.8. The number of nitrogens with one attached hydrogen (secondary N) is 2. The molecule has 9 heteroatoms. The molecule has 1 aromatic heterocycles. The third-order valence-electron chi connectivity index (χ3n) is 4.12. The quantitative estimate of drug-likeness (QED) is 0.586. The summed E-state index contributed by atoms with van der Waals surface area (Å²) in [6.45, 7) is 1.26. The van der Waals surface area contributed by atoms with E-state index < -0.39 is 11.2 Å². The maximum atomic E-state index is 12.7. The van der Waals surface area contributed by atoms with Crippen molar-refractivity contribution in [3.05, 3.63) is 33.0 Å². The summed E-state index contributed by atoms with van der Waals surface area (Å²) in [5, 5.41) is 3.08. The van der Waals surface area contributed by atoms with Crippen LogP contribution in [0.3, 0.4) is 0 Å². The molecule has 0 saturated heterocycles. The van der Waals surface area contributed by atoms with Gasteiger partial charge in [0.05, 0.1) is 25.1 Å². The van der Waals surface area contributed by atoms with Gasteiger partial charge in [0.2, 0.25) is 5.91 Å². The van der Waals surface area contributed by atoms with E-state index in [0.717, 1.165) is 11.0 Å². The van der Waals surface area contributed by atoms with Gasteiger partial charge in [-0.05, 0) is 18.9 Å². The average molecular weight is 379 g/mol. The molecule has 0 bridgehead atoms. The van der Waals surface area contributed by atoms with Gasteiger partial charge < -0.3 is 24.5 Å². The van der Waals surface area contributed by atoms with Gasteiger partial charge in [0, 0.05) is 39.3 Å². The van der Waals surface area contributed by atoms with E-state index in [9.17, 15) is 14.4 Å². The largest absolute Gasteiger partial charge is 0.493 e. The number of carbonyl (C=O) groups excluding carboxylic acids is 1. The topological polar surface area (TPSA) is 112 Å². The predicted octanol–water partition coefficient (Wildman–Crippen LogP) is 0.640. The van der Waals surface area contributed by atoms with Crippen molar-refractivity contribution in [3.63, 3.8) is 0 Å². The van der Waals surface area contributed by atoms with E-state index in [-0.39, 0.29) is 18.9 Å². The molecule has 0 saturated carbocycles. The van der Waals surface area contributed by atoms with E-state index in [2.05, 4.69) is 10.3 Å². The Balaban J connectivity index is 2.11. The molecular formula is C18H25N3O6. The van der Waals surface area contributed by atoms with Crippen LogP contribution in [0.15, 0.2) is 21.7 Å². The van der Waals surface area contributed by atoms with Crippen LogP contribution in [0, 0.1) is 0 Å². The molecule has 1 amide bonds. The number of nitrogens with zero attached hydrogens (tertiary/aromatic N) is 1. The van der Waals surface area contributed by atoms with Crippen molar-refractivity contribution in [1.29, 1.82) is 0 Å². The molecule has 0 atom stereocenters. The molecule has 2 aromatic rings. The van der Waals surface area contributed by atoms with Crippen LogP contribution in [0.4, 0.5) is 0 Å². The summed E-state index contributed by atoms with van der Waals surface area (Å²) in [5.74, 6) is 0.696. The number of methoxy groups -OCH3 is 3. The molecule has 148 valence electrons. The van der Waals surface area contributed by atoms with Crippen LogP contribution in [-0.4, -0.2) is 49.9 Å². The summed E-state index contributed by atoms with van der Waals surface area (Å²) in [4.78, 5) is 39.4. The van der Waals surface area contributed by atoms with Gasteiger partial charge in [0.25, 0.3) is 5.56 Å². The Bertz CT molecular complexity index is 902. The van der Waals surface area contributed by atoms with E-state index in [4.69, 9.17) is 14.2 Å². The lowest BCUT2D eigenvalue weighted by atomic mass is 10.2. The molecule has 1 heterocycles. The maximum absolute atomic E-state index is 12.7. The number of ether oxygens (including phenoxy) is 3. The highest BCUT2D eigenvalue weighted by atomic mass is 16.5.